The predicted octanol–water partition coefficient (Wildman–Crippen LogP) is 3.76. The molecule has 254 valence electrons. The Morgan fingerprint density at radius 3 is 2.22 bits per heavy atom. The van der Waals surface area contributed by atoms with E-state index in [-0.39, 0.29) is 48.1 Å². The first kappa shape index (κ1) is 38.9. The number of hydrogen-bond donors (Lipinski definition) is 4. The molecule has 0 bridgehead atoms. The Hall–Kier alpha value is -3.24. The third-order valence-electron chi connectivity index (χ3n) is 8.44. The molecule has 0 saturated carbocycles. The van der Waals surface area contributed by atoms with Crippen molar-refractivity contribution in [2.45, 2.75) is 83.0 Å². The van der Waals surface area contributed by atoms with E-state index >= 15 is 0 Å². The molecule has 1 heterocycles. The zero-order chi connectivity index (χ0) is 32.6. The maximum absolute atomic E-state index is 13.8. The molecule has 10 heteroatoms. The van der Waals surface area contributed by atoms with Gasteiger partial charge in [0, 0.05) is 44.8 Å². The van der Waals surface area contributed by atoms with E-state index in [2.05, 4.69) is 36.6 Å². The summed E-state index contributed by atoms with van der Waals surface area (Å²) in [6, 6.07) is 18.7. The number of likely N-dealkylation sites (tertiary alicyclic amines) is 1. The Morgan fingerprint density at radius 1 is 0.978 bits per heavy atom. The van der Waals surface area contributed by atoms with E-state index in [1.54, 1.807) is 11.0 Å². The number of nitrogens with two attached hydrogens (primary N) is 2. The molecule has 3 atom stereocenters. The lowest BCUT2D eigenvalue weighted by Crippen LogP contribution is -2.56. The number of unbranched alkanes of at least 4 members (excludes halogenated alkanes) is 1. The maximum atomic E-state index is 13.8. The summed E-state index contributed by atoms with van der Waals surface area (Å²) in [5.41, 5.74) is 14.3. The number of likely N-dealkylation sites (N-methyl/N-ethyl adjacent to an activating group) is 1. The van der Waals surface area contributed by atoms with Gasteiger partial charge in [-0.2, -0.15) is 0 Å². The highest BCUT2D eigenvalue weighted by atomic mass is 35.5. The van der Waals surface area contributed by atoms with Gasteiger partial charge in [0.2, 0.25) is 17.7 Å². The van der Waals surface area contributed by atoms with Crippen molar-refractivity contribution in [3.8, 4) is 0 Å². The highest BCUT2D eigenvalue weighted by Gasteiger charge is 2.32. The molecule has 2 aromatic carbocycles. The lowest BCUT2D eigenvalue weighted by atomic mass is 9.99. The van der Waals surface area contributed by atoms with Crippen LogP contribution in [-0.2, 0) is 20.8 Å². The SMILES string of the molecule is CC(C)C[C@@H](NC[C@H](N)Cc1ccccc1)C(=O)N[C@H](CCCCN)C(=O)N1CCC(N(C)C(=O)/C=C/c2ccccc2)CC1.Cl. The molecule has 0 aliphatic carbocycles. The number of benzene rings is 2. The van der Waals surface area contributed by atoms with Gasteiger partial charge in [-0.05, 0) is 74.6 Å². The van der Waals surface area contributed by atoms with E-state index in [4.69, 9.17) is 11.5 Å². The third kappa shape index (κ3) is 13.2. The molecular weight excluding hydrogens is 600 g/mol. The molecule has 0 aromatic heterocycles. The smallest absolute Gasteiger partial charge is 0.246 e. The van der Waals surface area contributed by atoms with E-state index in [1.807, 2.05) is 66.6 Å². The first-order valence-electron chi connectivity index (χ1n) is 16.5. The average Bonchev–Trinajstić information content (AvgIpc) is 3.05. The molecule has 0 unspecified atom stereocenters. The molecule has 9 nitrogen and oxygen atoms in total. The Balaban J connectivity index is 0.00000736. The summed E-state index contributed by atoms with van der Waals surface area (Å²) in [5.74, 6) is -0.0121. The quantitative estimate of drug-likeness (QED) is 0.152. The Kier molecular flexibility index (Phi) is 17.6. The van der Waals surface area contributed by atoms with Crippen molar-refractivity contribution >= 4 is 36.2 Å². The number of halogens is 1. The summed E-state index contributed by atoms with van der Waals surface area (Å²) >= 11 is 0. The Labute approximate surface area is 281 Å². The maximum Gasteiger partial charge on any atom is 0.246 e. The Bertz CT molecular complexity index is 1200. The molecular formula is C36H55ClN6O3. The average molecular weight is 655 g/mol. The number of carbonyl (C=O) groups is 3. The monoisotopic (exact) mass is 654 g/mol. The number of rotatable bonds is 17. The van der Waals surface area contributed by atoms with Crippen LogP contribution in [-0.4, -0.2) is 84.9 Å². The minimum atomic E-state index is -0.622. The topological polar surface area (TPSA) is 134 Å². The van der Waals surface area contributed by atoms with Crippen LogP contribution in [0.15, 0.2) is 66.7 Å². The third-order valence-corrected chi connectivity index (χ3v) is 8.44. The number of piperidine rings is 1. The van der Waals surface area contributed by atoms with Gasteiger partial charge >= 0.3 is 0 Å². The van der Waals surface area contributed by atoms with Gasteiger partial charge in [-0.3, -0.25) is 14.4 Å². The first-order valence-corrected chi connectivity index (χ1v) is 16.5. The van der Waals surface area contributed by atoms with Crippen molar-refractivity contribution in [1.82, 2.24) is 20.4 Å². The van der Waals surface area contributed by atoms with Crippen molar-refractivity contribution < 1.29 is 14.4 Å². The number of amides is 3. The van der Waals surface area contributed by atoms with E-state index in [1.165, 1.54) is 0 Å². The largest absolute Gasteiger partial charge is 0.343 e. The molecule has 0 spiro atoms. The normalized spacial score (nSPS) is 15.7. The predicted molar refractivity (Wildman–Crippen MR) is 189 cm³/mol. The van der Waals surface area contributed by atoms with E-state index in [0.29, 0.717) is 58.3 Å². The van der Waals surface area contributed by atoms with E-state index in [0.717, 1.165) is 24.0 Å². The molecule has 0 radical (unpaired) electrons. The summed E-state index contributed by atoms with van der Waals surface area (Å²) in [6.07, 6.45) is 8.22. The van der Waals surface area contributed by atoms with Gasteiger partial charge in [0.05, 0.1) is 6.04 Å². The van der Waals surface area contributed by atoms with Crippen molar-refractivity contribution in [1.29, 1.82) is 0 Å². The molecule has 2 aromatic rings. The number of carbonyl (C=O) groups excluding carboxylic acids is 3. The fourth-order valence-electron chi connectivity index (χ4n) is 5.78. The summed E-state index contributed by atoms with van der Waals surface area (Å²) in [6.45, 7) is 6.27. The number of nitrogens with one attached hydrogen (secondary N) is 2. The number of nitrogens with zero attached hydrogens (tertiary/aromatic N) is 2. The molecule has 3 amide bonds. The van der Waals surface area contributed by atoms with Gasteiger partial charge in [-0.1, -0.05) is 74.5 Å². The van der Waals surface area contributed by atoms with Crippen LogP contribution in [0.1, 0.15) is 63.5 Å². The molecule has 1 saturated heterocycles. The van der Waals surface area contributed by atoms with Crippen LogP contribution in [0.4, 0.5) is 0 Å². The summed E-state index contributed by atoms with van der Waals surface area (Å²) < 4.78 is 0. The van der Waals surface area contributed by atoms with E-state index in [9.17, 15) is 14.4 Å². The lowest BCUT2D eigenvalue weighted by molar-refractivity contribution is -0.139. The highest BCUT2D eigenvalue weighted by Crippen LogP contribution is 2.18. The van der Waals surface area contributed by atoms with Gasteiger partial charge in [0.25, 0.3) is 0 Å². The molecule has 1 aliphatic heterocycles. The minimum absolute atomic E-state index is 0. The first-order chi connectivity index (χ1) is 21.7. The Morgan fingerprint density at radius 2 is 1.61 bits per heavy atom. The van der Waals surface area contributed by atoms with Crippen LogP contribution in [0.5, 0.6) is 0 Å². The second-order valence-corrected chi connectivity index (χ2v) is 12.6. The second-order valence-electron chi connectivity index (χ2n) is 12.6. The van der Waals surface area contributed by atoms with Gasteiger partial charge in [-0.25, -0.2) is 0 Å². The van der Waals surface area contributed by atoms with Crippen LogP contribution in [0.25, 0.3) is 6.08 Å². The molecule has 3 rings (SSSR count). The fourth-order valence-corrected chi connectivity index (χ4v) is 5.78. The van der Waals surface area contributed by atoms with Crippen molar-refractivity contribution in [2.24, 2.45) is 17.4 Å². The molecule has 6 N–H and O–H groups in total. The van der Waals surface area contributed by atoms with Crippen LogP contribution < -0.4 is 22.1 Å². The standard InChI is InChI=1S/C36H54N6O3.ClH/c1-27(2)24-33(39-26-30(38)25-29-14-8-5-9-15-29)35(44)40-32(16-10-11-21-37)36(45)42-22-19-31(20-23-42)41(3)34(43)18-17-28-12-6-4-7-13-28;/h4-9,12-15,17-18,27,30-33,39H,10-11,16,19-26,37-38H2,1-3H3,(H,40,44);1H/b18-17+;/t30-,32-,33-;/m1./s1. The van der Waals surface area contributed by atoms with Crippen molar-refractivity contribution in [2.75, 3.05) is 33.2 Å². The summed E-state index contributed by atoms with van der Waals surface area (Å²) in [7, 11) is 1.82. The van der Waals surface area contributed by atoms with Gasteiger partial charge in [0.1, 0.15) is 6.04 Å². The van der Waals surface area contributed by atoms with Gasteiger partial charge < -0.3 is 31.9 Å². The summed E-state index contributed by atoms with van der Waals surface area (Å²) in [5, 5.41) is 6.48. The minimum Gasteiger partial charge on any atom is -0.343 e. The van der Waals surface area contributed by atoms with Crippen molar-refractivity contribution in [3.05, 3.63) is 77.9 Å². The van der Waals surface area contributed by atoms with Gasteiger partial charge in [0.15, 0.2) is 0 Å². The molecule has 1 aliphatic rings. The van der Waals surface area contributed by atoms with Crippen LogP contribution in [0.2, 0.25) is 0 Å². The second kappa shape index (κ2) is 20.8. The van der Waals surface area contributed by atoms with Crippen LogP contribution in [0, 0.1) is 5.92 Å². The fraction of sp³-hybridized carbons (Fsp3) is 0.528. The zero-order valence-corrected chi connectivity index (χ0v) is 28.6. The van der Waals surface area contributed by atoms with E-state index < -0.39 is 12.1 Å². The van der Waals surface area contributed by atoms with Crippen molar-refractivity contribution in [3.63, 3.8) is 0 Å². The summed E-state index contributed by atoms with van der Waals surface area (Å²) in [4.78, 5) is 43.8. The van der Waals surface area contributed by atoms with Crippen LogP contribution in [0.3, 0.4) is 0 Å². The zero-order valence-electron chi connectivity index (χ0n) is 27.8. The highest BCUT2D eigenvalue weighted by molar-refractivity contribution is 5.92. The van der Waals surface area contributed by atoms with Crippen LogP contribution >= 0.6 is 12.4 Å². The molecule has 1 fully saturated rings. The van der Waals surface area contributed by atoms with Gasteiger partial charge in [-0.15, -0.1) is 12.4 Å². The molecule has 46 heavy (non-hydrogen) atoms. The lowest BCUT2D eigenvalue weighted by Gasteiger charge is -2.38. The number of hydrogen-bond acceptors (Lipinski definition) is 6.